The lowest BCUT2D eigenvalue weighted by Gasteiger charge is -2.34. The summed E-state index contributed by atoms with van der Waals surface area (Å²) in [5, 5.41) is 0. The van der Waals surface area contributed by atoms with Crippen molar-refractivity contribution in [2.45, 2.75) is 12.4 Å². The predicted molar refractivity (Wildman–Crippen MR) is 111 cm³/mol. The van der Waals surface area contributed by atoms with Gasteiger partial charge >= 0.3 is 22.4 Å². The standard InChI is InChI=1S/C21H19F6N2O3S/c22-20(23,24)14-33(30,31)29(11-3-4-15(12-28)13-29)16-7-9-17(10-8-16)32-19-6-2-1-5-18(19)21(25,26)27/h1-10,13H,11-12,14,28H2/q+1. The first-order chi connectivity index (χ1) is 15.3. The molecule has 1 heterocycles. The Morgan fingerprint density at radius 1 is 0.970 bits per heavy atom. The van der Waals surface area contributed by atoms with Gasteiger partial charge in [-0.05, 0) is 30.3 Å². The van der Waals surface area contributed by atoms with Crippen molar-refractivity contribution in [3.05, 3.63) is 78.0 Å². The summed E-state index contributed by atoms with van der Waals surface area (Å²) in [6.07, 6.45) is -5.59. The maximum absolute atomic E-state index is 13.2. The number of nitrogens with two attached hydrogens (primary N) is 1. The lowest BCUT2D eigenvalue weighted by atomic mass is 10.1. The molecule has 1 aliphatic heterocycles. The molecule has 33 heavy (non-hydrogen) atoms. The zero-order valence-corrected chi connectivity index (χ0v) is 17.7. The van der Waals surface area contributed by atoms with Crippen LogP contribution in [-0.4, -0.2) is 33.4 Å². The van der Waals surface area contributed by atoms with Crippen LogP contribution >= 0.6 is 0 Å². The normalized spacial score (nSPS) is 19.3. The Morgan fingerprint density at radius 3 is 2.18 bits per heavy atom. The average Bonchev–Trinajstić information content (AvgIpc) is 2.72. The highest BCUT2D eigenvalue weighted by Crippen LogP contribution is 2.40. The second-order valence-corrected chi connectivity index (χ2v) is 9.32. The highest BCUT2D eigenvalue weighted by atomic mass is 32.2. The Labute approximate surface area is 186 Å². The van der Waals surface area contributed by atoms with Crippen LogP contribution < -0.4 is 14.4 Å². The Bertz CT molecular complexity index is 1170. The van der Waals surface area contributed by atoms with Crippen molar-refractivity contribution in [3.63, 3.8) is 0 Å². The molecule has 2 N–H and O–H groups in total. The minimum absolute atomic E-state index is 0.0500. The van der Waals surface area contributed by atoms with Gasteiger partial charge in [0.15, 0.2) is 11.4 Å². The number of alkyl halides is 6. The zero-order valence-electron chi connectivity index (χ0n) is 16.9. The smallest absolute Gasteiger partial charge is 0.419 e. The van der Waals surface area contributed by atoms with E-state index in [1.165, 1.54) is 48.6 Å². The van der Waals surface area contributed by atoms with Gasteiger partial charge in [-0.15, -0.1) is 0 Å². The second kappa shape index (κ2) is 8.84. The Kier molecular flexibility index (Phi) is 6.65. The number of nitrogens with zero attached hydrogens (tertiary/aromatic N) is 1. The summed E-state index contributed by atoms with van der Waals surface area (Å²) in [7, 11) is -4.86. The van der Waals surface area contributed by atoms with Gasteiger partial charge in [0, 0.05) is 24.3 Å². The first kappa shape index (κ1) is 24.8. The molecular weight excluding hydrogens is 474 g/mol. The van der Waals surface area contributed by atoms with Crippen LogP contribution in [0.2, 0.25) is 0 Å². The maximum Gasteiger partial charge on any atom is 0.419 e. The number of sulfonamides is 1. The molecule has 178 valence electrons. The van der Waals surface area contributed by atoms with Crippen LogP contribution in [0.3, 0.4) is 0 Å². The van der Waals surface area contributed by atoms with Crippen molar-refractivity contribution in [3.8, 4) is 11.5 Å². The molecular formula is C21H19F6N2O3S+. The molecule has 1 atom stereocenters. The van der Waals surface area contributed by atoms with Crippen molar-refractivity contribution >= 4 is 15.7 Å². The number of quaternary nitrogens is 1. The lowest BCUT2D eigenvalue weighted by Crippen LogP contribution is -2.54. The van der Waals surface area contributed by atoms with E-state index in [4.69, 9.17) is 10.5 Å². The maximum atomic E-state index is 13.2. The summed E-state index contributed by atoms with van der Waals surface area (Å²) in [6, 6.07) is 9.29. The van der Waals surface area contributed by atoms with Crippen molar-refractivity contribution in [2.24, 2.45) is 5.73 Å². The molecule has 0 spiro atoms. The molecule has 0 aliphatic carbocycles. The molecule has 0 fully saturated rings. The van der Waals surface area contributed by atoms with Gasteiger partial charge in [-0.2, -0.15) is 38.6 Å². The molecule has 1 unspecified atom stereocenters. The molecule has 2 aromatic carbocycles. The van der Waals surface area contributed by atoms with Gasteiger partial charge in [0.25, 0.3) is 0 Å². The summed E-state index contributed by atoms with van der Waals surface area (Å²) in [5.74, 6) is -2.60. The van der Waals surface area contributed by atoms with E-state index in [0.29, 0.717) is 5.57 Å². The van der Waals surface area contributed by atoms with Gasteiger partial charge in [-0.25, -0.2) is 0 Å². The molecule has 3 rings (SSSR count). The number of hydrogen-bond acceptors (Lipinski definition) is 4. The van der Waals surface area contributed by atoms with Gasteiger partial charge in [0.05, 0.1) is 5.56 Å². The third-order valence-corrected chi connectivity index (χ3v) is 7.01. The SMILES string of the molecule is NCC1=C[N+](c2ccc(Oc3ccccc3C(F)(F)F)cc2)(S(=O)(=O)CC(F)(F)F)CC=C1. The molecule has 12 heteroatoms. The number of ether oxygens (including phenoxy) is 1. The first-order valence-electron chi connectivity index (χ1n) is 9.48. The molecule has 2 aromatic rings. The topological polar surface area (TPSA) is 69.4 Å². The van der Waals surface area contributed by atoms with E-state index < -0.39 is 43.3 Å². The van der Waals surface area contributed by atoms with Crippen molar-refractivity contribution in [2.75, 3.05) is 18.8 Å². The van der Waals surface area contributed by atoms with Gasteiger partial charge in [0.2, 0.25) is 0 Å². The number of hydrogen-bond donors (Lipinski definition) is 1. The number of para-hydroxylation sites is 1. The highest BCUT2D eigenvalue weighted by Gasteiger charge is 2.50. The van der Waals surface area contributed by atoms with Crippen LogP contribution in [-0.2, 0) is 16.2 Å². The molecule has 5 nitrogen and oxygen atoms in total. The molecule has 1 aliphatic rings. The quantitative estimate of drug-likeness (QED) is 0.449. The van der Waals surface area contributed by atoms with Crippen molar-refractivity contribution < 1.29 is 39.5 Å². The van der Waals surface area contributed by atoms with Gasteiger partial charge in [0.1, 0.15) is 24.2 Å². The fourth-order valence-corrected chi connectivity index (χ4v) is 5.08. The average molecular weight is 493 g/mol. The third kappa shape index (κ3) is 5.40. The van der Waals surface area contributed by atoms with Gasteiger partial charge in [-0.3, -0.25) is 0 Å². The van der Waals surface area contributed by atoms with Crippen LogP contribution in [0, 0.1) is 0 Å². The first-order valence-corrected chi connectivity index (χ1v) is 11.1. The third-order valence-electron chi connectivity index (χ3n) is 4.86. The number of halogens is 6. The monoisotopic (exact) mass is 493 g/mol. The lowest BCUT2D eigenvalue weighted by molar-refractivity contribution is -0.138. The van der Waals surface area contributed by atoms with E-state index in [2.05, 4.69) is 0 Å². The fourth-order valence-electron chi connectivity index (χ4n) is 3.38. The molecule has 0 saturated carbocycles. The molecule has 0 aromatic heterocycles. The summed E-state index contributed by atoms with van der Waals surface area (Å²) in [6.45, 7) is -0.424. The van der Waals surface area contributed by atoms with Crippen LogP contribution in [0.25, 0.3) is 0 Å². The van der Waals surface area contributed by atoms with E-state index in [1.807, 2.05) is 0 Å². The predicted octanol–water partition coefficient (Wildman–Crippen LogP) is 5.11. The summed E-state index contributed by atoms with van der Waals surface area (Å²) in [4.78, 5) is 0. The Hall–Kier alpha value is -2.83. The minimum Gasteiger partial charge on any atom is -0.457 e. The van der Waals surface area contributed by atoms with E-state index in [1.54, 1.807) is 0 Å². The van der Waals surface area contributed by atoms with Crippen LogP contribution in [0.1, 0.15) is 5.56 Å². The minimum atomic E-state index is -4.98. The van der Waals surface area contributed by atoms with E-state index in [-0.39, 0.29) is 24.5 Å². The molecule has 0 amide bonds. The zero-order chi connectivity index (χ0) is 24.5. The highest BCUT2D eigenvalue weighted by molar-refractivity contribution is 7.91. The number of rotatable bonds is 6. The van der Waals surface area contributed by atoms with Gasteiger partial charge in [-0.1, -0.05) is 18.2 Å². The Balaban J connectivity index is 2.02. The van der Waals surface area contributed by atoms with Crippen LogP contribution in [0.4, 0.5) is 32.0 Å². The van der Waals surface area contributed by atoms with Crippen molar-refractivity contribution in [1.82, 2.24) is 3.89 Å². The summed E-state index contributed by atoms with van der Waals surface area (Å²) < 4.78 is 109. The molecule has 0 saturated heterocycles. The summed E-state index contributed by atoms with van der Waals surface area (Å²) >= 11 is 0. The Morgan fingerprint density at radius 2 is 1.61 bits per heavy atom. The van der Waals surface area contributed by atoms with Crippen LogP contribution in [0.5, 0.6) is 11.5 Å². The fraction of sp³-hybridized carbons (Fsp3) is 0.238. The van der Waals surface area contributed by atoms with E-state index >= 15 is 0 Å². The number of benzene rings is 2. The molecule has 0 bridgehead atoms. The second-order valence-electron chi connectivity index (χ2n) is 7.22. The molecule has 0 radical (unpaired) electrons. The van der Waals surface area contributed by atoms with E-state index in [0.717, 1.165) is 18.3 Å². The van der Waals surface area contributed by atoms with Gasteiger partial charge < -0.3 is 10.5 Å². The van der Waals surface area contributed by atoms with Crippen LogP contribution in [0.15, 0.2) is 72.5 Å². The van der Waals surface area contributed by atoms with Crippen molar-refractivity contribution in [1.29, 1.82) is 0 Å². The summed E-state index contributed by atoms with van der Waals surface area (Å²) in [5.41, 5.74) is 4.82. The largest absolute Gasteiger partial charge is 0.457 e. The van der Waals surface area contributed by atoms with E-state index in [9.17, 15) is 34.8 Å².